The maximum Gasteiger partial charge on any atom is 0.130 e. The van der Waals surface area contributed by atoms with Gasteiger partial charge >= 0.3 is 0 Å². The third-order valence-corrected chi connectivity index (χ3v) is 2.52. The molecule has 18 heavy (non-hydrogen) atoms. The Hall–Kier alpha value is -2.36. The number of hydrogen-bond acceptors (Lipinski definition) is 2. The molecule has 2 aromatic rings. The highest BCUT2D eigenvalue weighted by Gasteiger charge is 2.07. The van der Waals surface area contributed by atoms with E-state index in [-0.39, 0.29) is 18.3 Å². The normalized spacial score (nSPS) is 10.1. The van der Waals surface area contributed by atoms with Gasteiger partial charge in [-0.05, 0) is 18.2 Å². The quantitative estimate of drug-likeness (QED) is 0.641. The van der Waals surface area contributed by atoms with E-state index in [0.717, 1.165) is 0 Å². The molecule has 0 spiro atoms. The molecule has 4 heteroatoms. The van der Waals surface area contributed by atoms with Crippen LogP contribution >= 0.6 is 0 Å². The van der Waals surface area contributed by atoms with Crippen molar-refractivity contribution < 1.29 is 9.13 Å². The topological polar surface area (TPSA) is 59.1 Å². The van der Waals surface area contributed by atoms with Crippen molar-refractivity contribution in [3.05, 3.63) is 65.5 Å². The van der Waals surface area contributed by atoms with Gasteiger partial charge in [-0.25, -0.2) is 4.39 Å². The van der Waals surface area contributed by atoms with Gasteiger partial charge in [0, 0.05) is 5.56 Å². The lowest BCUT2D eigenvalue weighted by Gasteiger charge is -2.10. The van der Waals surface area contributed by atoms with E-state index in [4.69, 9.17) is 15.9 Å². The molecule has 0 amide bonds. The van der Waals surface area contributed by atoms with Crippen LogP contribution in [0.1, 0.15) is 11.1 Å². The monoisotopic (exact) mass is 244 g/mol. The van der Waals surface area contributed by atoms with E-state index in [0.29, 0.717) is 16.9 Å². The number of benzene rings is 2. The Balaban J connectivity index is 2.16. The van der Waals surface area contributed by atoms with Crippen molar-refractivity contribution in [2.45, 2.75) is 6.61 Å². The molecule has 0 fully saturated rings. The van der Waals surface area contributed by atoms with E-state index in [1.807, 2.05) is 0 Å². The van der Waals surface area contributed by atoms with Gasteiger partial charge in [0.05, 0.1) is 5.56 Å². The number of nitrogens with two attached hydrogens (primary N) is 1. The van der Waals surface area contributed by atoms with E-state index < -0.39 is 0 Å². The van der Waals surface area contributed by atoms with Crippen LogP contribution < -0.4 is 10.5 Å². The van der Waals surface area contributed by atoms with Crippen LogP contribution in [-0.4, -0.2) is 5.84 Å². The first-order chi connectivity index (χ1) is 8.68. The minimum Gasteiger partial charge on any atom is -0.488 e. The number of hydrogen-bond donors (Lipinski definition) is 2. The minimum absolute atomic E-state index is 0.0702. The fourth-order valence-corrected chi connectivity index (χ4v) is 1.59. The molecule has 2 rings (SSSR count). The zero-order chi connectivity index (χ0) is 13.0. The summed E-state index contributed by atoms with van der Waals surface area (Å²) in [6.45, 7) is 0.108. The summed E-state index contributed by atoms with van der Waals surface area (Å²) in [4.78, 5) is 0. The number of rotatable bonds is 4. The van der Waals surface area contributed by atoms with E-state index in [2.05, 4.69) is 0 Å². The average Bonchev–Trinajstić information content (AvgIpc) is 2.38. The maximum absolute atomic E-state index is 13.4. The van der Waals surface area contributed by atoms with E-state index in [9.17, 15) is 4.39 Å². The standard InChI is InChI=1S/C14H13FN2O/c15-12-7-3-1-5-10(12)9-18-13-8-4-2-6-11(13)14(16)17/h1-8H,9H2,(H3,16,17). The highest BCUT2D eigenvalue weighted by atomic mass is 19.1. The molecule has 0 atom stereocenters. The lowest BCUT2D eigenvalue weighted by molar-refractivity contribution is 0.299. The Morgan fingerprint density at radius 1 is 1.11 bits per heavy atom. The van der Waals surface area contributed by atoms with Gasteiger partial charge in [-0.15, -0.1) is 0 Å². The van der Waals surface area contributed by atoms with Gasteiger partial charge in [-0.3, -0.25) is 5.41 Å². The zero-order valence-electron chi connectivity index (χ0n) is 9.69. The molecular formula is C14H13FN2O. The van der Waals surface area contributed by atoms with Gasteiger partial charge in [0.2, 0.25) is 0 Å². The first-order valence-electron chi connectivity index (χ1n) is 5.48. The molecule has 0 aliphatic rings. The molecule has 0 aromatic heterocycles. The van der Waals surface area contributed by atoms with Crippen LogP contribution in [0.3, 0.4) is 0 Å². The third kappa shape index (κ3) is 2.66. The predicted molar refractivity (Wildman–Crippen MR) is 68.2 cm³/mol. The van der Waals surface area contributed by atoms with Crippen LogP contribution in [0.25, 0.3) is 0 Å². The van der Waals surface area contributed by atoms with Gasteiger partial charge in [-0.1, -0.05) is 30.3 Å². The molecule has 0 bridgehead atoms. The maximum atomic E-state index is 13.4. The molecule has 0 unspecified atom stereocenters. The van der Waals surface area contributed by atoms with Crippen molar-refractivity contribution >= 4 is 5.84 Å². The molecule has 0 aliphatic carbocycles. The molecule has 0 saturated heterocycles. The smallest absolute Gasteiger partial charge is 0.130 e. The Labute approximate surface area is 105 Å². The zero-order valence-corrected chi connectivity index (χ0v) is 9.69. The number of nitrogens with one attached hydrogen (secondary N) is 1. The molecule has 0 aliphatic heterocycles. The Morgan fingerprint density at radius 3 is 2.50 bits per heavy atom. The summed E-state index contributed by atoms with van der Waals surface area (Å²) in [6, 6.07) is 13.4. The van der Waals surface area contributed by atoms with Crippen molar-refractivity contribution in [2.75, 3.05) is 0 Å². The molecule has 0 radical (unpaired) electrons. The minimum atomic E-state index is -0.308. The van der Waals surface area contributed by atoms with Gasteiger partial charge in [-0.2, -0.15) is 0 Å². The van der Waals surface area contributed by atoms with Gasteiger partial charge in [0.25, 0.3) is 0 Å². The Morgan fingerprint density at radius 2 is 1.78 bits per heavy atom. The van der Waals surface area contributed by atoms with Crippen LogP contribution in [0, 0.1) is 11.2 Å². The van der Waals surface area contributed by atoms with E-state index in [1.165, 1.54) is 6.07 Å². The molecule has 0 saturated carbocycles. The highest BCUT2D eigenvalue weighted by Crippen LogP contribution is 2.19. The van der Waals surface area contributed by atoms with Crippen molar-refractivity contribution in [1.82, 2.24) is 0 Å². The lowest BCUT2D eigenvalue weighted by atomic mass is 10.2. The predicted octanol–water partition coefficient (Wildman–Crippen LogP) is 2.69. The second kappa shape index (κ2) is 5.31. The summed E-state index contributed by atoms with van der Waals surface area (Å²) in [5.74, 6) is 0.102. The average molecular weight is 244 g/mol. The van der Waals surface area contributed by atoms with Crippen LogP contribution in [0.2, 0.25) is 0 Å². The van der Waals surface area contributed by atoms with Crippen LogP contribution in [-0.2, 0) is 6.61 Å². The fourth-order valence-electron chi connectivity index (χ4n) is 1.59. The van der Waals surface area contributed by atoms with Crippen molar-refractivity contribution in [3.63, 3.8) is 0 Å². The van der Waals surface area contributed by atoms with Crippen molar-refractivity contribution in [2.24, 2.45) is 5.73 Å². The summed E-state index contributed by atoms with van der Waals surface area (Å²) < 4.78 is 18.9. The Bertz CT molecular complexity index is 569. The molecule has 92 valence electrons. The van der Waals surface area contributed by atoms with E-state index in [1.54, 1.807) is 42.5 Å². The second-order valence-corrected chi connectivity index (χ2v) is 3.79. The molecule has 3 N–H and O–H groups in total. The molecular weight excluding hydrogens is 231 g/mol. The first-order valence-corrected chi connectivity index (χ1v) is 5.48. The number of nitrogen functional groups attached to an aromatic ring is 1. The van der Waals surface area contributed by atoms with Crippen molar-refractivity contribution in [3.8, 4) is 5.75 Å². The van der Waals surface area contributed by atoms with Gasteiger partial charge in [0.1, 0.15) is 24.0 Å². The molecule has 3 nitrogen and oxygen atoms in total. The summed E-state index contributed by atoms with van der Waals surface area (Å²) in [7, 11) is 0. The lowest BCUT2D eigenvalue weighted by Crippen LogP contribution is -2.13. The van der Waals surface area contributed by atoms with Crippen molar-refractivity contribution in [1.29, 1.82) is 5.41 Å². The van der Waals surface area contributed by atoms with Gasteiger partial charge in [0.15, 0.2) is 0 Å². The number of amidine groups is 1. The third-order valence-electron chi connectivity index (χ3n) is 2.52. The second-order valence-electron chi connectivity index (χ2n) is 3.79. The fraction of sp³-hybridized carbons (Fsp3) is 0.0714. The van der Waals surface area contributed by atoms with Crippen LogP contribution in [0.4, 0.5) is 4.39 Å². The largest absolute Gasteiger partial charge is 0.488 e. The number of ether oxygens (including phenoxy) is 1. The highest BCUT2D eigenvalue weighted by molar-refractivity contribution is 5.97. The van der Waals surface area contributed by atoms with Crippen LogP contribution in [0.15, 0.2) is 48.5 Å². The van der Waals surface area contributed by atoms with E-state index >= 15 is 0 Å². The summed E-state index contributed by atoms with van der Waals surface area (Å²) >= 11 is 0. The summed E-state index contributed by atoms with van der Waals surface area (Å²) in [6.07, 6.45) is 0. The summed E-state index contributed by atoms with van der Waals surface area (Å²) in [5.41, 5.74) is 6.42. The first kappa shape index (κ1) is 12.1. The summed E-state index contributed by atoms with van der Waals surface area (Å²) in [5, 5.41) is 7.43. The number of halogens is 1. The number of para-hydroxylation sites is 1. The SMILES string of the molecule is N=C(N)c1ccccc1OCc1ccccc1F. The molecule has 0 heterocycles. The van der Waals surface area contributed by atoms with Crippen LogP contribution in [0.5, 0.6) is 5.75 Å². The molecule has 2 aromatic carbocycles. The van der Waals surface area contributed by atoms with Gasteiger partial charge < -0.3 is 10.5 Å². The Kier molecular flexibility index (Phi) is 3.57.